The van der Waals surface area contributed by atoms with Crippen molar-refractivity contribution in [1.29, 1.82) is 5.26 Å². The minimum atomic E-state index is 0.691. The minimum Gasteiger partial charge on any atom is -0.469 e. The van der Waals surface area contributed by atoms with Crippen molar-refractivity contribution in [2.75, 3.05) is 11.9 Å². The van der Waals surface area contributed by atoms with E-state index in [0.29, 0.717) is 5.56 Å². The summed E-state index contributed by atoms with van der Waals surface area (Å²) in [6.07, 6.45) is 1.69. The SMILES string of the molecule is Cc1occc1CN(C)c1ccccc1C#N. The van der Waals surface area contributed by atoms with Crippen molar-refractivity contribution in [3.05, 3.63) is 53.5 Å². The summed E-state index contributed by atoms with van der Waals surface area (Å²) in [5.74, 6) is 0.922. The van der Waals surface area contributed by atoms with Gasteiger partial charge in [-0.2, -0.15) is 5.26 Å². The van der Waals surface area contributed by atoms with E-state index in [0.717, 1.165) is 23.6 Å². The summed E-state index contributed by atoms with van der Waals surface area (Å²) < 4.78 is 5.27. The molecular weight excluding hydrogens is 212 g/mol. The number of anilines is 1. The van der Waals surface area contributed by atoms with Crippen molar-refractivity contribution < 1.29 is 4.42 Å². The molecule has 0 saturated heterocycles. The van der Waals surface area contributed by atoms with Gasteiger partial charge in [0.2, 0.25) is 0 Å². The van der Waals surface area contributed by atoms with E-state index in [-0.39, 0.29) is 0 Å². The van der Waals surface area contributed by atoms with Gasteiger partial charge in [0.25, 0.3) is 0 Å². The molecule has 0 radical (unpaired) electrons. The van der Waals surface area contributed by atoms with Crippen LogP contribution in [0.4, 0.5) is 5.69 Å². The van der Waals surface area contributed by atoms with Crippen molar-refractivity contribution in [2.45, 2.75) is 13.5 Å². The first-order valence-corrected chi connectivity index (χ1v) is 5.45. The van der Waals surface area contributed by atoms with E-state index in [1.165, 1.54) is 0 Å². The van der Waals surface area contributed by atoms with E-state index >= 15 is 0 Å². The molecule has 1 aromatic carbocycles. The quantitative estimate of drug-likeness (QED) is 0.807. The number of nitriles is 1. The van der Waals surface area contributed by atoms with E-state index in [9.17, 15) is 0 Å². The van der Waals surface area contributed by atoms with Crippen LogP contribution >= 0.6 is 0 Å². The third-order valence-electron chi connectivity index (χ3n) is 2.81. The monoisotopic (exact) mass is 226 g/mol. The van der Waals surface area contributed by atoms with Gasteiger partial charge in [0, 0.05) is 19.2 Å². The molecule has 0 aliphatic rings. The maximum absolute atomic E-state index is 9.05. The van der Waals surface area contributed by atoms with Crippen molar-refractivity contribution in [3.8, 4) is 6.07 Å². The number of hydrogen-bond donors (Lipinski definition) is 0. The van der Waals surface area contributed by atoms with E-state index in [1.807, 2.05) is 44.3 Å². The number of benzene rings is 1. The minimum absolute atomic E-state index is 0.691. The van der Waals surface area contributed by atoms with Gasteiger partial charge in [-0.05, 0) is 25.1 Å². The van der Waals surface area contributed by atoms with Crippen LogP contribution in [0.3, 0.4) is 0 Å². The highest BCUT2D eigenvalue weighted by molar-refractivity contribution is 5.58. The van der Waals surface area contributed by atoms with Crippen LogP contribution in [0, 0.1) is 18.3 Å². The van der Waals surface area contributed by atoms with Crippen molar-refractivity contribution >= 4 is 5.69 Å². The molecule has 3 heteroatoms. The highest BCUT2D eigenvalue weighted by Crippen LogP contribution is 2.21. The van der Waals surface area contributed by atoms with Crippen LogP contribution in [0.2, 0.25) is 0 Å². The summed E-state index contributed by atoms with van der Waals surface area (Å²) in [7, 11) is 1.97. The third kappa shape index (κ3) is 2.31. The third-order valence-corrected chi connectivity index (χ3v) is 2.81. The number of rotatable bonds is 3. The van der Waals surface area contributed by atoms with Crippen LogP contribution in [0.5, 0.6) is 0 Å². The van der Waals surface area contributed by atoms with E-state index in [4.69, 9.17) is 9.68 Å². The smallest absolute Gasteiger partial charge is 0.105 e. The van der Waals surface area contributed by atoms with Gasteiger partial charge < -0.3 is 9.32 Å². The molecule has 0 N–H and O–H groups in total. The Balaban J connectivity index is 2.24. The molecule has 0 fully saturated rings. The number of nitrogens with zero attached hydrogens (tertiary/aromatic N) is 2. The van der Waals surface area contributed by atoms with Gasteiger partial charge in [-0.3, -0.25) is 0 Å². The standard InChI is InChI=1S/C14H14N2O/c1-11-13(7-8-17-11)10-16(2)14-6-4-3-5-12(14)9-15/h3-8H,10H2,1-2H3. The molecule has 0 unspecified atom stereocenters. The first-order chi connectivity index (χ1) is 8.22. The van der Waals surface area contributed by atoms with Crippen molar-refractivity contribution in [3.63, 3.8) is 0 Å². The lowest BCUT2D eigenvalue weighted by Crippen LogP contribution is -2.17. The molecule has 0 saturated carbocycles. The maximum atomic E-state index is 9.05. The molecule has 2 aromatic rings. The molecule has 2 rings (SSSR count). The lowest BCUT2D eigenvalue weighted by Gasteiger charge is -2.19. The van der Waals surface area contributed by atoms with Crippen LogP contribution in [0.15, 0.2) is 41.0 Å². The van der Waals surface area contributed by atoms with Crippen molar-refractivity contribution in [2.24, 2.45) is 0 Å². The molecule has 1 heterocycles. The average molecular weight is 226 g/mol. The molecule has 17 heavy (non-hydrogen) atoms. The molecule has 0 bridgehead atoms. The number of hydrogen-bond acceptors (Lipinski definition) is 3. The Bertz CT molecular complexity index is 551. The summed E-state index contributed by atoms with van der Waals surface area (Å²) in [6.45, 7) is 2.68. The number of aryl methyl sites for hydroxylation is 1. The molecule has 0 atom stereocenters. The molecule has 0 spiro atoms. The second-order valence-corrected chi connectivity index (χ2v) is 3.99. The first kappa shape index (κ1) is 11.3. The first-order valence-electron chi connectivity index (χ1n) is 5.45. The highest BCUT2D eigenvalue weighted by atomic mass is 16.3. The van der Waals surface area contributed by atoms with Crippen LogP contribution in [0.1, 0.15) is 16.9 Å². The molecule has 0 aliphatic carbocycles. The largest absolute Gasteiger partial charge is 0.469 e. The van der Waals surface area contributed by atoms with Gasteiger partial charge in [-0.1, -0.05) is 12.1 Å². The fourth-order valence-electron chi connectivity index (χ4n) is 1.82. The van der Waals surface area contributed by atoms with E-state index < -0.39 is 0 Å². The second-order valence-electron chi connectivity index (χ2n) is 3.99. The normalized spacial score (nSPS) is 9.94. The summed E-state index contributed by atoms with van der Waals surface area (Å²) in [6, 6.07) is 11.8. The Morgan fingerprint density at radius 2 is 2.06 bits per heavy atom. The molecule has 0 amide bonds. The van der Waals surface area contributed by atoms with Gasteiger partial charge >= 0.3 is 0 Å². The Kier molecular flexibility index (Phi) is 3.15. The molecule has 3 nitrogen and oxygen atoms in total. The molecule has 1 aromatic heterocycles. The summed E-state index contributed by atoms with van der Waals surface area (Å²) >= 11 is 0. The Labute approximate surface area is 101 Å². The Morgan fingerprint density at radius 3 is 2.71 bits per heavy atom. The predicted molar refractivity (Wildman–Crippen MR) is 66.7 cm³/mol. The average Bonchev–Trinajstić information content (AvgIpc) is 2.75. The van der Waals surface area contributed by atoms with E-state index in [2.05, 4.69) is 11.0 Å². The van der Waals surface area contributed by atoms with Crippen molar-refractivity contribution in [1.82, 2.24) is 0 Å². The molecule has 86 valence electrons. The zero-order valence-electron chi connectivity index (χ0n) is 9.97. The van der Waals surface area contributed by atoms with Crippen LogP contribution < -0.4 is 4.90 Å². The summed E-state index contributed by atoms with van der Waals surface area (Å²) in [4.78, 5) is 2.05. The van der Waals surface area contributed by atoms with Gasteiger partial charge in [0.1, 0.15) is 11.8 Å². The van der Waals surface area contributed by atoms with Crippen LogP contribution in [-0.2, 0) is 6.54 Å². The second kappa shape index (κ2) is 4.75. The Morgan fingerprint density at radius 1 is 1.29 bits per heavy atom. The maximum Gasteiger partial charge on any atom is 0.105 e. The zero-order chi connectivity index (χ0) is 12.3. The highest BCUT2D eigenvalue weighted by Gasteiger charge is 2.09. The Hall–Kier alpha value is -2.21. The fourth-order valence-corrected chi connectivity index (χ4v) is 1.82. The summed E-state index contributed by atoms with van der Waals surface area (Å²) in [5.41, 5.74) is 2.77. The summed E-state index contributed by atoms with van der Waals surface area (Å²) in [5, 5.41) is 9.05. The van der Waals surface area contributed by atoms with Gasteiger partial charge in [0.15, 0.2) is 0 Å². The predicted octanol–water partition coefficient (Wildman–Crippen LogP) is 3.10. The van der Waals surface area contributed by atoms with Crippen LogP contribution in [-0.4, -0.2) is 7.05 Å². The lowest BCUT2D eigenvalue weighted by atomic mass is 10.1. The zero-order valence-corrected chi connectivity index (χ0v) is 9.97. The molecular formula is C14H14N2O. The molecule has 0 aliphatic heterocycles. The lowest BCUT2D eigenvalue weighted by molar-refractivity contribution is 0.529. The number of furan rings is 1. The number of para-hydroxylation sites is 1. The van der Waals surface area contributed by atoms with Gasteiger partial charge in [0.05, 0.1) is 17.5 Å². The van der Waals surface area contributed by atoms with Crippen LogP contribution in [0.25, 0.3) is 0 Å². The van der Waals surface area contributed by atoms with Gasteiger partial charge in [-0.25, -0.2) is 0 Å². The fraction of sp³-hybridized carbons (Fsp3) is 0.214. The van der Waals surface area contributed by atoms with Gasteiger partial charge in [-0.15, -0.1) is 0 Å². The van der Waals surface area contributed by atoms with E-state index in [1.54, 1.807) is 6.26 Å². The topological polar surface area (TPSA) is 40.2 Å².